The number of hydrogen-bond donors (Lipinski definition) is 0. The summed E-state index contributed by atoms with van der Waals surface area (Å²) >= 11 is 2.12. The van der Waals surface area contributed by atoms with Gasteiger partial charge in [-0.25, -0.2) is 0 Å². The summed E-state index contributed by atoms with van der Waals surface area (Å²) in [5.41, 5.74) is 21.6. The van der Waals surface area contributed by atoms with E-state index in [9.17, 15) is 0 Å². The van der Waals surface area contributed by atoms with Crippen molar-refractivity contribution in [3.05, 3.63) is 111 Å². The van der Waals surface area contributed by atoms with Crippen molar-refractivity contribution >= 4 is 67.9 Å². The van der Waals surface area contributed by atoms with Crippen molar-refractivity contribution in [3.63, 3.8) is 0 Å². The number of nitrogens with zero attached hydrogens (tertiary/aromatic N) is 2. The second-order valence-electron chi connectivity index (χ2n) is 25.3. The lowest BCUT2D eigenvalue weighted by Gasteiger charge is -2.47. The minimum Gasteiger partial charge on any atom is -0.311 e. The van der Waals surface area contributed by atoms with Crippen molar-refractivity contribution < 1.29 is 0 Å². The van der Waals surface area contributed by atoms with Gasteiger partial charge >= 0.3 is 0 Å². The minimum atomic E-state index is -0.0688. The number of thiophene rings is 1. The van der Waals surface area contributed by atoms with E-state index in [1.807, 2.05) is 0 Å². The van der Waals surface area contributed by atoms with Gasteiger partial charge in [0.15, 0.2) is 0 Å². The van der Waals surface area contributed by atoms with Gasteiger partial charge in [-0.3, -0.25) is 0 Å². The Morgan fingerprint density at radius 1 is 0.492 bits per heavy atom. The summed E-state index contributed by atoms with van der Waals surface area (Å²) in [6.45, 7) is 43.8. The Kier molecular flexibility index (Phi) is 9.17. The van der Waals surface area contributed by atoms with Gasteiger partial charge in [-0.15, -0.1) is 11.3 Å². The van der Waals surface area contributed by atoms with Gasteiger partial charge in [0.25, 0.3) is 6.71 Å². The highest BCUT2D eigenvalue weighted by Crippen LogP contribution is 2.57. The number of benzene rings is 4. The molecule has 4 aliphatic rings. The largest absolute Gasteiger partial charge is 0.311 e. The Bertz CT molecular complexity index is 2610. The molecule has 4 heteroatoms. The molecule has 0 atom stereocenters. The summed E-state index contributed by atoms with van der Waals surface area (Å²) in [7, 11) is 0. The van der Waals surface area contributed by atoms with E-state index in [-0.39, 0.29) is 44.6 Å². The lowest BCUT2D eigenvalue weighted by molar-refractivity contribution is 0.332. The maximum Gasteiger partial charge on any atom is 0.253 e. The van der Waals surface area contributed by atoms with Gasteiger partial charge in [-0.1, -0.05) is 148 Å². The van der Waals surface area contributed by atoms with Crippen molar-refractivity contribution in [1.82, 2.24) is 0 Å². The number of hydrogen-bond acceptors (Lipinski definition) is 3. The third kappa shape index (κ3) is 6.53. The molecule has 0 bridgehead atoms. The highest BCUT2D eigenvalue weighted by molar-refractivity contribution is 7.20. The first-order chi connectivity index (χ1) is 28.0. The molecule has 2 nitrogen and oxygen atoms in total. The highest BCUT2D eigenvalue weighted by atomic mass is 32.1. The van der Waals surface area contributed by atoms with Gasteiger partial charge in [0, 0.05) is 27.6 Å². The molecule has 2 aliphatic carbocycles. The van der Waals surface area contributed by atoms with E-state index in [0.717, 1.165) is 0 Å². The first-order valence-corrected chi connectivity index (χ1v) is 24.2. The van der Waals surface area contributed by atoms with Crippen LogP contribution < -0.4 is 26.2 Å². The molecule has 0 saturated heterocycles. The smallest absolute Gasteiger partial charge is 0.253 e. The molecular formula is C57H73BN2S. The van der Waals surface area contributed by atoms with Gasteiger partial charge in [0.05, 0.1) is 10.7 Å². The number of rotatable bonds is 2. The zero-order valence-corrected chi connectivity index (χ0v) is 41.9. The monoisotopic (exact) mass is 829 g/mol. The lowest BCUT2D eigenvalue weighted by atomic mass is 9.32. The minimum absolute atomic E-state index is 0.00705. The first kappa shape index (κ1) is 42.5. The van der Waals surface area contributed by atoms with Crippen LogP contribution in [-0.4, -0.2) is 6.71 Å². The van der Waals surface area contributed by atoms with E-state index >= 15 is 0 Å². The standard InChI is InChI=1S/C57H73BN2S/c1-34-29-39-40(55(13,14)26-25-54(39,11)12)33-43(34)60-45-32-37(53(8,9)10)31-44-47(45)58(48-46-49(61-50(48)60)57(17,18)28-27-56(46,15)16)41-30-36(52(5,6)7)21-24-42(41)59(44)38-22-19-35(20-23-38)51(2,3)4/h19-24,29-33H,25-28H2,1-18H3. The van der Waals surface area contributed by atoms with Crippen LogP contribution in [-0.2, 0) is 37.9 Å². The molecule has 0 saturated carbocycles. The molecule has 9 rings (SSSR count). The van der Waals surface area contributed by atoms with Gasteiger partial charge in [0.1, 0.15) is 0 Å². The van der Waals surface area contributed by atoms with Crippen LogP contribution in [0.3, 0.4) is 0 Å². The summed E-state index contributed by atoms with van der Waals surface area (Å²) in [5, 5.41) is 1.44. The van der Waals surface area contributed by atoms with Crippen molar-refractivity contribution in [2.75, 3.05) is 9.80 Å². The van der Waals surface area contributed by atoms with Crippen molar-refractivity contribution in [2.24, 2.45) is 0 Å². The van der Waals surface area contributed by atoms with Gasteiger partial charge in [0.2, 0.25) is 0 Å². The second kappa shape index (κ2) is 13.2. The topological polar surface area (TPSA) is 6.48 Å². The molecule has 5 aromatic rings. The predicted octanol–water partition coefficient (Wildman–Crippen LogP) is 14.7. The highest BCUT2D eigenvalue weighted by Gasteiger charge is 2.52. The average Bonchev–Trinajstić information content (AvgIpc) is 3.57. The van der Waals surface area contributed by atoms with Gasteiger partial charge in [-0.2, -0.15) is 0 Å². The fourth-order valence-electron chi connectivity index (χ4n) is 11.3. The fraction of sp³-hybridized carbons (Fsp3) is 0.509. The molecule has 320 valence electrons. The van der Waals surface area contributed by atoms with E-state index in [4.69, 9.17) is 0 Å². The van der Waals surface area contributed by atoms with Gasteiger partial charge < -0.3 is 9.80 Å². The molecule has 61 heavy (non-hydrogen) atoms. The molecule has 3 heterocycles. The Balaban J connectivity index is 1.46. The molecule has 0 amide bonds. The molecule has 0 N–H and O–H groups in total. The third-order valence-corrected chi connectivity index (χ3v) is 17.3. The summed E-state index contributed by atoms with van der Waals surface area (Å²) < 4.78 is 0. The van der Waals surface area contributed by atoms with Crippen LogP contribution in [0, 0.1) is 6.92 Å². The summed E-state index contributed by atoms with van der Waals surface area (Å²) in [6.07, 6.45) is 4.80. The van der Waals surface area contributed by atoms with Crippen LogP contribution in [0.2, 0.25) is 0 Å². The number of aryl methyl sites for hydroxylation is 1. The molecule has 4 aromatic carbocycles. The van der Waals surface area contributed by atoms with Crippen LogP contribution in [0.15, 0.2) is 66.7 Å². The zero-order valence-electron chi connectivity index (χ0n) is 41.1. The van der Waals surface area contributed by atoms with E-state index < -0.39 is 0 Å². The van der Waals surface area contributed by atoms with Crippen LogP contribution in [0.5, 0.6) is 0 Å². The Labute approximate surface area is 374 Å². The molecular weight excluding hydrogens is 756 g/mol. The molecule has 0 spiro atoms. The predicted molar refractivity (Wildman–Crippen MR) is 270 cm³/mol. The van der Waals surface area contributed by atoms with Crippen molar-refractivity contribution in [3.8, 4) is 0 Å². The fourth-order valence-corrected chi connectivity index (χ4v) is 13.0. The van der Waals surface area contributed by atoms with Crippen molar-refractivity contribution in [1.29, 1.82) is 0 Å². The molecule has 0 fully saturated rings. The van der Waals surface area contributed by atoms with E-state index in [0.29, 0.717) is 0 Å². The van der Waals surface area contributed by atoms with Crippen LogP contribution >= 0.6 is 11.3 Å². The summed E-state index contributed by atoms with van der Waals surface area (Å²) in [4.78, 5) is 7.03. The Morgan fingerprint density at radius 3 is 1.57 bits per heavy atom. The SMILES string of the molecule is Cc1cc2c(cc1N1c3cc(C(C)(C)C)cc4c3B(c3cc(C(C)(C)C)ccc3N4c3ccc(C(C)(C)C)cc3)c3c1sc1c3C(C)(C)CCC1(C)C)C(C)(C)CCC2(C)C. The average molecular weight is 829 g/mol. The molecule has 2 aliphatic heterocycles. The normalized spacial score (nSPS) is 19.5. The zero-order chi connectivity index (χ0) is 44.4. The van der Waals surface area contributed by atoms with E-state index in [1.165, 1.54) is 103 Å². The molecule has 1 aromatic heterocycles. The third-order valence-electron chi connectivity index (χ3n) is 15.7. The Morgan fingerprint density at radius 2 is 1.00 bits per heavy atom. The van der Waals surface area contributed by atoms with Crippen LogP contribution in [0.1, 0.15) is 187 Å². The van der Waals surface area contributed by atoms with E-state index in [2.05, 4.69) is 212 Å². The number of fused-ring (bicyclic) bond motifs is 7. The molecule has 0 radical (unpaired) electrons. The quantitative estimate of drug-likeness (QED) is 0.160. The second-order valence-corrected chi connectivity index (χ2v) is 26.3. The van der Waals surface area contributed by atoms with Crippen molar-refractivity contribution in [2.45, 2.75) is 188 Å². The Hall–Kier alpha value is -3.76. The van der Waals surface area contributed by atoms with Gasteiger partial charge in [-0.05, 0) is 162 Å². The summed E-state index contributed by atoms with van der Waals surface area (Å²) in [5.74, 6) is 0. The van der Waals surface area contributed by atoms with Crippen LogP contribution in [0.25, 0.3) is 0 Å². The summed E-state index contributed by atoms with van der Waals surface area (Å²) in [6, 6.07) is 27.4. The maximum absolute atomic E-state index is 2.79. The van der Waals surface area contributed by atoms with Crippen LogP contribution in [0.4, 0.5) is 33.4 Å². The lowest BCUT2D eigenvalue weighted by Crippen LogP contribution is -2.63. The number of anilines is 6. The van der Waals surface area contributed by atoms with E-state index in [1.54, 1.807) is 15.9 Å². The first-order valence-electron chi connectivity index (χ1n) is 23.4. The molecule has 0 unspecified atom stereocenters. The maximum atomic E-state index is 2.79.